The summed E-state index contributed by atoms with van der Waals surface area (Å²) in [5, 5.41) is 6.59. The quantitative estimate of drug-likeness (QED) is 0.836. The molecule has 2 atom stereocenters. The number of carbonyl (C=O) groups excluding carboxylic acids is 1. The molecule has 2 N–H and O–H groups in total. The lowest BCUT2D eigenvalue weighted by molar-refractivity contribution is -0.115. The van der Waals surface area contributed by atoms with Crippen LogP contribution in [-0.4, -0.2) is 18.5 Å². The lowest BCUT2D eigenvalue weighted by atomic mass is 9.86. The summed E-state index contributed by atoms with van der Waals surface area (Å²) < 4.78 is 0. The largest absolute Gasteiger partial charge is 0.324 e. The van der Waals surface area contributed by atoms with Gasteiger partial charge in [0, 0.05) is 11.7 Å². The molecule has 1 aliphatic carbocycles. The van der Waals surface area contributed by atoms with E-state index in [1.807, 2.05) is 0 Å². The maximum absolute atomic E-state index is 12.3. The third-order valence-corrected chi connectivity index (χ3v) is 4.90. The first-order chi connectivity index (χ1) is 10.7. The molecule has 1 amide bonds. The summed E-state index contributed by atoms with van der Waals surface area (Å²) in [7, 11) is 0. The van der Waals surface area contributed by atoms with Crippen LogP contribution >= 0.6 is 0 Å². The van der Waals surface area contributed by atoms with Crippen LogP contribution < -0.4 is 10.6 Å². The monoisotopic (exact) mass is 302 g/mol. The molecular formula is C19H30N2O. The molecule has 1 saturated carbocycles. The van der Waals surface area contributed by atoms with Crippen molar-refractivity contribution in [3.8, 4) is 0 Å². The number of rotatable bonds is 6. The van der Waals surface area contributed by atoms with E-state index in [4.69, 9.17) is 0 Å². The average Bonchev–Trinajstić information content (AvgIpc) is 2.54. The summed E-state index contributed by atoms with van der Waals surface area (Å²) in [5.41, 5.74) is 3.47. The van der Waals surface area contributed by atoms with Gasteiger partial charge in [0.1, 0.15) is 0 Å². The SMILES string of the molecule is CCc1cccc(CC)c1NC(=O)CN[C@@H]1CCCC[C@@H]1C. The Hall–Kier alpha value is -1.35. The Kier molecular flexibility index (Phi) is 6.44. The second-order valence-corrected chi connectivity index (χ2v) is 6.46. The van der Waals surface area contributed by atoms with E-state index in [1.54, 1.807) is 0 Å². The molecule has 0 unspecified atom stereocenters. The standard InChI is InChI=1S/C19H30N2O/c1-4-15-10-8-11-16(5-2)19(15)21-18(22)13-20-17-12-7-6-9-14(17)3/h8,10-11,14,17,20H,4-7,9,12-13H2,1-3H3,(H,21,22)/t14-,17+/m0/s1. The van der Waals surface area contributed by atoms with Crippen LogP contribution in [0.25, 0.3) is 0 Å². The number of carbonyl (C=O) groups is 1. The van der Waals surface area contributed by atoms with Gasteiger partial charge in [-0.1, -0.05) is 51.8 Å². The predicted octanol–water partition coefficient (Wildman–Crippen LogP) is 3.92. The molecule has 0 radical (unpaired) electrons. The normalized spacial score (nSPS) is 21.6. The second-order valence-electron chi connectivity index (χ2n) is 6.46. The molecule has 2 rings (SSSR count). The number of aryl methyl sites for hydroxylation is 2. The van der Waals surface area contributed by atoms with Gasteiger partial charge in [0.25, 0.3) is 0 Å². The molecule has 0 spiro atoms. The zero-order valence-corrected chi connectivity index (χ0v) is 14.2. The molecule has 0 saturated heterocycles. The molecule has 1 aromatic carbocycles. The summed E-state index contributed by atoms with van der Waals surface area (Å²) in [6, 6.07) is 6.78. The third-order valence-electron chi connectivity index (χ3n) is 4.90. The summed E-state index contributed by atoms with van der Waals surface area (Å²) in [6.45, 7) is 6.96. The van der Waals surface area contributed by atoms with Crippen molar-refractivity contribution in [1.82, 2.24) is 5.32 Å². The molecule has 0 bridgehead atoms. The number of benzene rings is 1. The summed E-state index contributed by atoms with van der Waals surface area (Å²) in [5.74, 6) is 0.754. The Labute approximate surface area is 134 Å². The molecule has 1 aliphatic rings. The molecule has 0 heterocycles. The number of para-hydroxylation sites is 1. The number of amides is 1. The van der Waals surface area contributed by atoms with Crippen LogP contribution in [0, 0.1) is 5.92 Å². The van der Waals surface area contributed by atoms with Crippen LogP contribution in [0.2, 0.25) is 0 Å². The van der Waals surface area contributed by atoms with E-state index in [2.05, 4.69) is 49.6 Å². The van der Waals surface area contributed by atoms with Gasteiger partial charge >= 0.3 is 0 Å². The molecular weight excluding hydrogens is 272 g/mol. The van der Waals surface area contributed by atoms with E-state index in [0.29, 0.717) is 18.5 Å². The van der Waals surface area contributed by atoms with Crippen LogP contribution in [0.5, 0.6) is 0 Å². The Morgan fingerprint density at radius 3 is 2.36 bits per heavy atom. The fraction of sp³-hybridized carbons (Fsp3) is 0.632. The van der Waals surface area contributed by atoms with Crippen molar-refractivity contribution in [3.05, 3.63) is 29.3 Å². The topological polar surface area (TPSA) is 41.1 Å². The molecule has 1 aromatic rings. The average molecular weight is 302 g/mol. The van der Waals surface area contributed by atoms with Gasteiger partial charge in [0.05, 0.1) is 6.54 Å². The van der Waals surface area contributed by atoms with Gasteiger partial charge in [-0.3, -0.25) is 4.79 Å². The predicted molar refractivity (Wildman–Crippen MR) is 93.3 cm³/mol. The summed E-state index contributed by atoms with van der Waals surface area (Å²) in [6.07, 6.45) is 6.96. The molecule has 1 fully saturated rings. The van der Waals surface area contributed by atoms with Crippen molar-refractivity contribution in [2.24, 2.45) is 5.92 Å². The van der Waals surface area contributed by atoms with Gasteiger partial charge in [-0.15, -0.1) is 0 Å². The number of anilines is 1. The van der Waals surface area contributed by atoms with Crippen molar-refractivity contribution in [1.29, 1.82) is 0 Å². The fourth-order valence-electron chi connectivity index (χ4n) is 3.43. The molecule has 22 heavy (non-hydrogen) atoms. The Bertz CT molecular complexity index is 476. The zero-order chi connectivity index (χ0) is 15.9. The van der Waals surface area contributed by atoms with Gasteiger partial charge < -0.3 is 10.6 Å². The van der Waals surface area contributed by atoms with E-state index in [9.17, 15) is 4.79 Å². The smallest absolute Gasteiger partial charge is 0.238 e. The van der Waals surface area contributed by atoms with Crippen molar-refractivity contribution < 1.29 is 4.79 Å². The summed E-state index contributed by atoms with van der Waals surface area (Å²) in [4.78, 5) is 12.3. The Balaban J connectivity index is 1.94. The minimum absolute atomic E-state index is 0.0772. The molecule has 3 heteroatoms. The van der Waals surface area contributed by atoms with E-state index in [-0.39, 0.29) is 5.91 Å². The second kappa shape index (κ2) is 8.33. The third kappa shape index (κ3) is 4.33. The number of nitrogens with one attached hydrogen (secondary N) is 2. The summed E-state index contributed by atoms with van der Waals surface area (Å²) >= 11 is 0. The Morgan fingerprint density at radius 2 is 1.77 bits per heavy atom. The van der Waals surface area contributed by atoms with Gasteiger partial charge in [-0.25, -0.2) is 0 Å². The first-order valence-electron chi connectivity index (χ1n) is 8.79. The van der Waals surface area contributed by atoms with Gasteiger partial charge in [-0.2, -0.15) is 0 Å². The van der Waals surface area contributed by atoms with E-state index in [1.165, 1.54) is 36.8 Å². The number of hydrogen-bond acceptors (Lipinski definition) is 2. The van der Waals surface area contributed by atoms with Gasteiger partial charge in [-0.05, 0) is 42.7 Å². The van der Waals surface area contributed by atoms with Crippen molar-refractivity contribution >= 4 is 11.6 Å². The minimum atomic E-state index is 0.0772. The van der Waals surface area contributed by atoms with Crippen LogP contribution in [0.3, 0.4) is 0 Å². The highest BCUT2D eigenvalue weighted by Gasteiger charge is 2.21. The van der Waals surface area contributed by atoms with Gasteiger partial charge in [0.2, 0.25) is 5.91 Å². The highest BCUT2D eigenvalue weighted by atomic mass is 16.1. The lowest BCUT2D eigenvalue weighted by Crippen LogP contribution is -2.41. The van der Waals surface area contributed by atoms with Crippen molar-refractivity contribution in [3.63, 3.8) is 0 Å². The van der Waals surface area contributed by atoms with E-state index in [0.717, 1.165) is 18.5 Å². The minimum Gasteiger partial charge on any atom is -0.324 e. The molecule has 122 valence electrons. The maximum Gasteiger partial charge on any atom is 0.238 e. The molecule has 0 aliphatic heterocycles. The maximum atomic E-state index is 12.3. The zero-order valence-electron chi connectivity index (χ0n) is 14.2. The van der Waals surface area contributed by atoms with Crippen LogP contribution in [-0.2, 0) is 17.6 Å². The highest BCUT2D eigenvalue weighted by Crippen LogP contribution is 2.24. The lowest BCUT2D eigenvalue weighted by Gasteiger charge is -2.29. The van der Waals surface area contributed by atoms with Crippen LogP contribution in [0.1, 0.15) is 57.6 Å². The first kappa shape index (κ1) is 17.0. The van der Waals surface area contributed by atoms with Gasteiger partial charge in [0.15, 0.2) is 0 Å². The van der Waals surface area contributed by atoms with E-state index >= 15 is 0 Å². The first-order valence-corrected chi connectivity index (χ1v) is 8.79. The molecule has 3 nitrogen and oxygen atoms in total. The van der Waals surface area contributed by atoms with E-state index < -0.39 is 0 Å². The number of hydrogen-bond donors (Lipinski definition) is 2. The van der Waals surface area contributed by atoms with Crippen molar-refractivity contribution in [2.45, 2.75) is 65.3 Å². The molecule has 0 aromatic heterocycles. The van der Waals surface area contributed by atoms with Crippen LogP contribution in [0.15, 0.2) is 18.2 Å². The Morgan fingerprint density at radius 1 is 1.14 bits per heavy atom. The fourth-order valence-corrected chi connectivity index (χ4v) is 3.43. The van der Waals surface area contributed by atoms with Crippen molar-refractivity contribution in [2.75, 3.05) is 11.9 Å². The highest BCUT2D eigenvalue weighted by molar-refractivity contribution is 5.93. The van der Waals surface area contributed by atoms with Crippen LogP contribution in [0.4, 0.5) is 5.69 Å².